The fourth-order valence-corrected chi connectivity index (χ4v) is 2.42. The molecule has 7 nitrogen and oxygen atoms in total. The minimum absolute atomic E-state index is 0.180. The zero-order chi connectivity index (χ0) is 18.0. The van der Waals surface area contributed by atoms with Gasteiger partial charge in [0.05, 0.1) is 12.1 Å². The molecule has 2 heterocycles. The Morgan fingerprint density at radius 2 is 1.96 bits per heavy atom. The molecule has 130 valence electrons. The highest BCUT2D eigenvalue weighted by Crippen LogP contribution is 2.20. The zero-order valence-corrected chi connectivity index (χ0v) is 14.9. The van der Waals surface area contributed by atoms with Crippen molar-refractivity contribution >= 4 is 11.6 Å². The summed E-state index contributed by atoms with van der Waals surface area (Å²) in [6, 6.07) is 8.66. The van der Waals surface area contributed by atoms with Gasteiger partial charge in [-0.2, -0.15) is 4.98 Å². The van der Waals surface area contributed by atoms with Gasteiger partial charge in [-0.25, -0.2) is 4.98 Å². The van der Waals surface area contributed by atoms with Crippen molar-refractivity contribution < 1.29 is 4.52 Å². The molecule has 0 bridgehead atoms. The average molecular weight is 360 g/mol. The van der Waals surface area contributed by atoms with E-state index >= 15 is 0 Å². The minimum atomic E-state index is -0.569. The van der Waals surface area contributed by atoms with Crippen molar-refractivity contribution in [2.24, 2.45) is 0 Å². The molecule has 3 aromatic rings. The molecule has 0 aliphatic heterocycles. The molecule has 0 unspecified atom stereocenters. The van der Waals surface area contributed by atoms with Crippen molar-refractivity contribution in [3.05, 3.63) is 63.1 Å². The fraction of sp³-hybridized carbons (Fsp3) is 0.294. The summed E-state index contributed by atoms with van der Waals surface area (Å²) in [6.45, 7) is 5.96. The molecule has 0 atom stereocenters. The van der Waals surface area contributed by atoms with Gasteiger partial charge in [-0.1, -0.05) is 16.8 Å². The predicted molar refractivity (Wildman–Crippen MR) is 94.2 cm³/mol. The highest BCUT2D eigenvalue weighted by atomic mass is 35.5. The third-order valence-corrected chi connectivity index (χ3v) is 3.97. The Labute approximate surface area is 149 Å². The molecule has 8 heteroatoms. The fourth-order valence-electron chi connectivity index (χ4n) is 2.30. The number of halogens is 1. The number of aromatic amines is 1. The first-order chi connectivity index (χ1) is 11.8. The summed E-state index contributed by atoms with van der Waals surface area (Å²) in [5, 5.41) is 7.89. The number of aromatic nitrogens is 4. The molecule has 0 amide bonds. The quantitative estimate of drug-likeness (QED) is 0.727. The van der Waals surface area contributed by atoms with Crippen molar-refractivity contribution in [1.29, 1.82) is 0 Å². The lowest BCUT2D eigenvalue weighted by atomic mass is 10.0. The van der Waals surface area contributed by atoms with Crippen molar-refractivity contribution in [2.75, 3.05) is 0 Å². The Balaban J connectivity index is 1.73. The van der Waals surface area contributed by atoms with Crippen LogP contribution in [0.3, 0.4) is 0 Å². The second-order valence-electron chi connectivity index (χ2n) is 6.23. The Morgan fingerprint density at radius 3 is 2.64 bits per heavy atom. The highest BCUT2D eigenvalue weighted by molar-refractivity contribution is 6.30. The summed E-state index contributed by atoms with van der Waals surface area (Å²) in [5.41, 5.74) is 0.736. The third-order valence-electron chi connectivity index (χ3n) is 3.71. The predicted octanol–water partition coefficient (Wildman–Crippen LogP) is 2.81. The molecule has 1 aromatic carbocycles. The number of nitrogens with one attached hydrogen (secondary N) is 2. The largest absolute Gasteiger partial charge is 0.338 e. The van der Waals surface area contributed by atoms with E-state index in [-0.39, 0.29) is 5.56 Å². The van der Waals surface area contributed by atoms with Crippen molar-refractivity contribution in [3.8, 4) is 11.4 Å². The first-order valence-electron chi connectivity index (χ1n) is 7.75. The molecular weight excluding hydrogens is 342 g/mol. The van der Waals surface area contributed by atoms with E-state index < -0.39 is 5.54 Å². The molecular formula is C17H18ClN5O2. The van der Waals surface area contributed by atoms with Gasteiger partial charge in [-0.05, 0) is 45.0 Å². The number of aryl methyl sites for hydroxylation is 1. The Morgan fingerprint density at radius 1 is 1.24 bits per heavy atom. The number of benzene rings is 1. The van der Waals surface area contributed by atoms with Crippen LogP contribution in [0.4, 0.5) is 0 Å². The van der Waals surface area contributed by atoms with Gasteiger partial charge in [0.2, 0.25) is 11.7 Å². The molecule has 2 N–H and O–H groups in total. The van der Waals surface area contributed by atoms with Crippen LogP contribution in [0.5, 0.6) is 0 Å². The normalized spacial score (nSPS) is 11.7. The summed E-state index contributed by atoms with van der Waals surface area (Å²) < 4.78 is 5.28. The first kappa shape index (κ1) is 17.3. The van der Waals surface area contributed by atoms with E-state index in [4.69, 9.17) is 16.1 Å². The van der Waals surface area contributed by atoms with Crippen LogP contribution in [0.1, 0.15) is 31.3 Å². The van der Waals surface area contributed by atoms with Gasteiger partial charge in [0.15, 0.2) is 0 Å². The van der Waals surface area contributed by atoms with Gasteiger partial charge < -0.3 is 9.51 Å². The van der Waals surface area contributed by atoms with E-state index in [0.29, 0.717) is 34.8 Å². The van der Waals surface area contributed by atoms with Crippen LogP contribution >= 0.6 is 11.6 Å². The summed E-state index contributed by atoms with van der Waals surface area (Å²) >= 11 is 5.88. The second-order valence-corrected chi connectivity index (χ2v) is 6.67. The topological polar surface area (TPSA) is 96.7 Å². The molecule has 25 heavy (non-hydrogen) atoms. The molecule has 0 saturated carbocycles. The third kappa shape index (κ3) is 4.12. The molecule has 0 radical (unpaired) electrons. The van der Waals surface area contributed by atoms with E-state index in [1.165, 1.54) is 6.07 Å². The lowest BCUT2D eigenvalue weighted by molar-refractivity contribution is 0.318. The van der Waals surface area contributed by atoms with Gasteiger partial charge in [0.25, 0.3) is 5.56 Å². The van der Waals surface area contributed by atoms with Crippen LogP contribution in [0, 0.1) is 6.92 Å². The highest BCUT2D eigenvalue weighted by Gasteiger charge is 2.24. The van der Waals surface area contributed by atoms with Gasteiger partial charge in [-0.3, -0.25) is 10.1 Å². The SMILES string of the molecule is Cc1cc(=O)[nH]c(C(C)(C)NCc2nc(-c3ccc(Cl)cc3)no2)n1. The van der Waals surface area contributed by atoms with Crippen LogP contribution < -0.4 is 10.9 Å². The Kier molecular flexibility index (Phi) is 4.69. The van der Waals surface area contributed by atoms with E-state index in [1.54, 1.807) is 19.1 Å². The zero-order valence-electron chi connectivity index (χ0n) is 14.1. The molecule has 0 saturated heterocycles. The minimum Gasteiger partial charge on any atom is -0.338 e. The Hall–Kier alpha value is -2.51. The lowest BCUT2D eigenvalue weighted by Crippen LogP contribution is -2.39. The summed E-state index contributed by atoms with van der Waals surface area (Å²) in [7, 11) is 0. The number of rotatable bonds is 5. The van der Waals surface area contributed by atoms with Crippen LogP contribution in [-0.4, -0.2) is 20.1 Å². The van der Waals surface area contributed by atoms with Crippen LogP contribution in [0.25, 0.3) is 11.4 Å². The Bertz CT molecular complexity index is 931. The van der Waals surface area contributed by atoms with E-state index in [1.807, 2.05) is 26.0 Å². The molecule has 0 aliphatic carbocycles. The number of H-pyrrole nitrogens is 1. The standard InChI is InChI=1S/C17H18ClN5O2/c1-10-8-13(24)21-16(20-10)17(2,3)19-9-14-22-15(23-25-14)11-4-6-12(18)7-5-11/h4-8,19H,9H2,1-3H3,(H,20,21,24). The lowest BCUT2D eigenvalue weighted by Gasteiger charge is -2.24. The summed E-state index contributed by atoms with van der Waals surface area (Å²) in [6.07, 6.45) is 0. The van der Waals surface area contributed by atoms with Crippen molar-refractivity contribution in [3.63, 3.8) is 0 Å². The van der Waals surface area contributed by atoms with Gasteiger partial charge in [0.1, 0.15) is 5.82 Å². The van der Waals surface area contributed by atoms with Gasteiger partial charge >= 0.3 is 0 Å². The maximum absolute atomic E-state index is 11.6. The molecule has 2 aromatic heterocycles. The van der Waals surface area contributed by atoms with Crippen molar-refractivity contribution in [1.82, 2.24) is 25.4 Å². The first-order valence-corrected chi connectivity index (χ1v) is 8.13. The average Bonchev–Trinajstić information content (AvgIpc) is 3.02. The number of hydrogen-bond acceptors (Lipinski definition) is 6. The van der Waals surface area contributed by atoms with E-state index in [2.05, 4.69) is 25.4 Å². The molecule has 0 fully saturated rings. The van der Waals surface area contributed by atoms with Crippen LogP contribution in [-0.2, 0) is 12.1 Å². The molecule has 0 aliphatic rings. The van der Waals surface area contributed by atoms with Gasteiger partial charge in [-0.15, -0.1) is 0 Å². The van der Waals surface area contributed by atoms with Crippen LogP contribution in [0.15, 0.2) is 39.6 Å². The van der Waals surface area contributed by atoms with Crippen molar-refractivity contribution in [2.45, 2.75) is 32.9 Å². The molecule has 0 spiro atoms. The maximum atomic E-state index is 11.6. The smallest absolute Gasteiger partial charge is 0.251 e. The summed E-state index contributed by atoms with van der Waals surface area (Å²) in [4.78, 5) is 23.1. The monoisotopic (exact) mass is 359 g/mol. The summed E-state index contributed by atoms with van der Waals surface area (Å²) in [5.74, 6) is 1.48. The van der Waals surface area contributed by atoms with Gasteiger partial charge in [0, 0.05) is 22.3 Å². The second kappa shape index (κ2) is 6.78. The van der Waals surface area contributed by atoms with E-state index in [9.17, 15) is 4.79 Å². The van der Waals surface area contributed by atoms with E-state index in [0.717, 1.165) is 5.56 Å². The van der Waals surface area contributed by atoms with Crippen LogP contribution in [0.2, 0.25) is 5.02 Å². The maximum Gasteiger partial charge on any atom is 0.251 e. The number of hydrogen-bond donors (Lipinski definition) is 2. The molecule has 3 rings (SSSR count). The number of nitrogens with zero attached hydrogens (tertiary/aromatic N) is 3.